The monoisotopic (exact) mass is 822 g/mol. The van der Waals surface area contributed by atoms with Gasteiger partial charge in [-0.25, -0.2) is 0 Å². The largest absolute Gasteiger partial charge is 0.466 e. The minimum Gasteiger partial charge on any atom is -0.466 e. The maximum atomic E-state index is 12.5. The molecule has 1 unspecified atom stereocenters. The summed E-state index contributed by atoms with van der Waals surface area (Å²) >= 11 is 0. The summed E-state index contributed by atoms with van der Waals surface area (Å²) < 4.78 is 24.5. The predicted molar refractivity (Wildman–Crippen MR) is 245 cm³/mol. The standard InChI is InChI=1S/C51H99NO6/c1-7-12-26-34-46(35-27-13-8-2)42-49(53)55-40-32-24-20-16-18-22-30-38-51(57-45-48(58-51)44-52(6)11-5)39-31-23-19-17-21-25-33-41-56-50(54)43-47(36-28-14-9-3)37-29-15-10-4/h46-48H,7-45H2,1-6H3. The number of nitrogens with zero attached hydrogens (tertiary/aromatic N) is 1. The van der Waals surface area contributed by atoms with Crippen LogP contribution < -0.4 is 0 Å². The fourth-order valence-corrected chi connectivity index (χ4v) is 8.72. The summed E-state index contributed by atoms with van der Waals surface area (Å²) in [6.07, 6.45) is 39.4. The van der Waals surface area contributed by atoms with Crippen molar-refractivity contribution >= 4 is 11.9 Å². The first-order valence-electron chi connectivity index (χ1n) is 25.6. The molecule has 1 rings (SSSR count). The van der Waals surface area contributed by atoms with Crippen molar-refractivity contribution < 1.29 is 28.5 Å². The third kappa shape index (κ3) is 30.8. The summed E-state index contributed by atoms with van der Waals surface area (Å²) in [7, 11) is 2.16. The molecule has 0 aromatic rings. The van der Waals surface area contributed by atoms with Crippen LogP contribution in [0.2, 0.25) is 0 Å². The Bertz CT molecular complexity index is 851. The van der Waals surface area contributed by atoms with E-state index in [1.165, 1.54) is 154 Å². The van der Waals surface area contributed by atoms with Crippen LogP contribution in [0.1, 0.15) is 253 Å². The van der Waals surface area contributed by atoms with Gasteiger partial charge in [-0.1, -0.05) is 176 Å². The fraction of sp³-hybridized carbons (Fsp3) is 0.961. The minimum absolute atomic E-state index is 0.0208. The molecule has 0 bridgehead atoms. The fourth-order valence-electron chi connectivity index (χ4n) is 8.72. The molecule has 1 aliphatic rings. The Morgan fingerprint density at radius 1 is 0.534 bits per heavy atom. The van der Waals surface area contributed by atoms with Gasteiger partial charge in [0, 0.05) is 32.2 Å². The average molecular weight is 822 g/mol. The molecule has 0 amide bonds. The molecule has 0 spiro atoms. The molecule has 7 heteroatoms. The van der Waals surface area contributed by atoms with Gasteiger partial charge in [0.15, 0.2) is 5.79 Å². The van der Waals surface area contributed by atoms with Crippen molar-refractivity contribution in [3.63, 3.8) is 0 Å². The van der Waals surface area contributed by atoms with E-state index in [9.17, 15) is 9.59 Å². The quantitative estimate of drug-likeness (QED) is 0.0448. The zero-order valence-corrected chi connectivity index (χ0v) is 39.7. The summed E-state index contributed by atoms with van der Waals surface area (Å²) in [5.41, 5.74) is 0. The maximum absolute atomic E-state index is 12.5. The van der Waals surface area contributed by atoms with Crippen LogP contribution in [0.4, 0.5) is 0 Å². The van der Waals surface area contributed by atoms with Gasteiger partial charge in [-0.3, -0.25) is 9.59 Å². The van der Waals surface area contributed by atoms with Gasteiger partial charge in [-0.2, -0.15) is 0 Å². The van der Waals surface area contributed by atoms with E-state index in [-0.39, 0.29) is 18.0 Å². The topological polar surface area (TPSA) is 74.3 Å². The highest BCUT2D eigenvalue weighted by molar-refractivity contribution is 5.70. The molecule has 0 saturated carbocycles. The van der Waals surface area contributed by atoms with Crippen LogP contribution in [0, 0.1) is 11.8 Å². The number of likely N-dealkylation sites (N-methyl/N-ethyl adjacent to an activating group) is 1. The lowest BCUT2D eigenvalue weighted by Crippen LogP contribution is -2.34. The summed E-state index contributed by atoms with van der Waals surface area (Å²) in [6, 6.07) is 0. The summed E-state index contributed by atoms with van der Waals surface area (Å²) in [5.74, 6) is 0.633. The van der Waals surface area contributed by atoms with Crippen molar-refractivity contribution in [1.29, 1.82) is 0 Å². The predicted octanol–water partition coefficient (Wildman–Crippen LogP) is 14.7. The molecule has 0 aromatic heterocycles. The second-order valence-corrected chi connectivity index (χ2v) is 18.3. The van der Waals surface area contributed by atoms with Crippen molar-refractivity contribution in [2.24, 2.45) is 11.8 Å². The lowest BCUT2D eigenvalue weighted by Gasteiger charge is -2.29. The number of carbonyl (C=O) groups is 2. The normalized spacial score (nSPS) is 15.3. The first-order valence-corrected chi connectivity index (χ1v) is 25.6. The van der Waals surface area contributed by atoms with E-state index < -0.39 is 5.79 Å². The number of esters is 2. The van der Waals surface area contributed by atoms with Crippen LogP contribution >= 0.6 is 0 Å². The average Bonchev–Trinajstić information content (AvgIpc) is 3.61. The molecule has 0 radical (unpaired) electrons. The van der Waals surface area contributed by atoms with Crippen LogP contribution in [0.15, 0.2) is 0 Å². The molecule has 0 aromatic carbocycles. The molecular weight excluding hydrogens is 723 g/mol. The third-order valence-electron chi connectivity index (χ3n) is 12.7. The first kappa shape index (κ1) is 54.8. The van der Waals surface area contributed by atoms with Crippen molar-refractivity contribution in [2.45, 2.75) is 265 Å². The van der Waals surface area contributed by atoms with Gasteiger partial charge >= 0.3 is 11.9 Å². The van der Waals surface area contributed by atoms with E-state index in [0.717, 1.165) is 64.5 Å². The van der Waals surface area contributed by atoms with E-state index in [2.05, 4.69) is 46.6 Å². The number of ether oxygens (including phenoxy) is 4. The highest BCUT2D eigenvalue weighted by atomic mass is 16.7. The number of rotatable bonds is 43. The van der Waals surface area contributed by atoms with Gasteiger partial charge in [0.2, 0.25) is 0 Å². The summed E-state index contributed by atoms with van der Waals surface area (Å²) in [4.78, 5) is 27.4. The van der Waals surface area contributed by atoms with Gasteiger partial charge < -0.3 is 23.8 Å². The molecule has 1 saturated heterocycles. The Morgan fingerprint density at radius 2 is 0.897 bits per heavy atom. The Balaban J connectivity index is 2.25. The highest BCUT2D eigenvalue weighted by Gasteiger charge is 2.40. The maximum Gasteiger partial charge on any atom is 0.306 e. The van der Waals surface area contributed by atoms with E-state index in [1.54, 1.807) is 0 Å². The Hall–Kier alpha value is -1.18. The van der Waals surface area contributed by atoms with E-state index in [4.69, 9.17) is 18.9 Å². The van der Waals surface area contributed by atoms with Crippen LogP contribution in [-0.4, -0.2) is 68.7 Å². The van der Waals surface area contributed by atoms with Crippen molar-refractivity contribution in [1.82, 2.24) is 4.90 Å². The number of unbranched alkanes of at least 4 members (excludes halogenated alkanes) is 20. The highest BCUT2D eigenvalue weighted by Crippen LogP contribution is 2.35. The lowest BCUT2D eigenvalue weighted by molar-refractivity contribution is -0.180. The van der Waals surface area contributed by atoms with Crippen LogP contribution in [-0.2, 0) is 28.5 Å². The lowest BCUT2D eigenvalue weighted by atomic mass is 9.92. The summed E-state index contributed by atoms with van der Waals surface area (Å²) in [5, 5.41) is 0. The zero-order chi connectivity index (χ0) is 42.4. The van der Waals surface area contributed by atoms with Crippen molar-refractivity contribution in [2.75, 3.05) is 40.0 Å². The van der Waals surface area contributed by atoms with Gasteiger partial charge in [0.05, 0.1) is 25.9 Å². The van der Waals surface area contributed by atoms with Crippen molar-refractivity contribution in [3.05, 3.63) is 0 Å². The van der Waals surface area contributed by atoms with Crippen LogP contribution in [0.25, 0.3) is 0 Å². The van der Waals surface area contributed by atoms with Gasteiger partial charge in [0.25, 0.3) is 0 Å². The zero-order valence-electron chi connectivity index (χ0n) is 39.7. The van der Waals surface area contributed by atoms with E-state index >= 15 is 0 Å². The molecule has 0 aliphatic carbocycles. The molecule has 0 N–H and O–H groups in total. The van der Waals surface area contributed by atoms with Crippen LogP contribution in [0.5, 0.6) is 0 Å². The second-order valence-electron chi connectivity index (χ2n) is 18.3. The van der Waals surface area contributed by atoms with Gasteiger partial charge in [0.1, 0.15) is 0 Å². The first-order chi connectivity index (χ1) is 28.3. The molecule has 1 aliphatic heterocycles. The molecular formula is C51H99NO6. The Labute approximate surface area is 361 Å². The molecule has 1 heterocycles. The molecule has 1 atom stereocenters. The molecule has 58 heavy (non-hydrogen) atoms. The summed E-state index contributed by atoms with van der Waals surface area (Å²) in [6.45, 7) is 15.0. The third-order valence-corrected chi connectivity index (χ3v) is 12.7. The van der Waals surface area contributed by atoms with E-state index in [1.807, 2.05) is 0 Å². The van der Waals surface area contributed by atoms with Gasteiger partial charge in [-0.15, -0.1) is 0 Å². The molecule has 1 fully saturated rings. The molecule has 344 valence electrons. The SMILES string of the molecule is CCCCCC(CCCCC)CC(=O)OCCCCCCCCCC1(CCCCCCCCCOC(=O)CC(CCCCC)CCCCC)OCC(CN(C)CC)O1. The Morgan fingerprint density at radius 3 is 1.26 bits per heavy atom. The number of carbonyl (C=O) groups excluding carboxylic acids is 2. The van der Waals surface area contributed by atoms with Gasteiger partial charge in [-0.05, 0) is 76.8 Å². The Kier molecular flexibility index (Phi) is 36.6. The number of hydrogen-bond donors (Lipinski definition) is 0. The minimum atomic E-state index is -0.414. The van der Waals surface area contributed by atoms with E-state index in [0.29, 0.717) is 44.5 Å². The van der Waals surface area contributed by atoms with Crippen LogP contribution in [0.3, 0.4) is 0 Å². The van der Waals surface area contributed by atoms with Crippen molar-refractivity contribution in [3.8, 4) is 0 Å². The second kappa shape index (κ2) is 38.7. The number of hydrogen-bond acceptors (Lipinski definition) is 7. The molecule has 7 nitrogen and oxygen atoms in total. The smallest absolute Gasteiger partial charge is 0.306 e.